The van der Waals surface area contributed by atoms with Gasteiger partial charge in [0.2, 0.25) is 0 Å². The summed E-state index contributed by atoms with van der Waals surface area (Å²) in [5.41, 5.74) is 8.03. The molecule has 1 saturated heterocycles. The van der Waals surface area contributed by atoms with Crippen LogP contribution in [0.5, 0.6) is 0 Å². The topological polar surface area (TPSA) is 77.0 Å². The molecule has 0 aromatic heterocycles. The minimum Gasteiger partial charge on any atom is -0.388 e. The second kappa shape index (κ2) is 10.9. The molecule has 1 fully saturated rings. The summed E-state index contributed by atoms with van der Waals surface area (Å²) in [5.74, 6) is 1.22. The molecule has 182 valence electrons. The summed E-state index contributed by atoms with van der Waals surface area (Å²) in [6.45, 7) is 15.5. The van der Waals surface area contributed by atoms with E-state index in [-0.39, 0.29) is 17.7 Å². The van der Waals surface area contributed by atoms with E-state index in [1.807, 2.05) is 13.8 Å². The molecule has 1 aromatic carbocycles. The smallest absolute Gasteiger partial charge is 0.258 e. The molecule has 1 aliphatic carbocycles. The van der Waals surface area contributed by atoms with Crippen LogP contribution in [0.1, 0.15) is 70.6 Å². The van der Waals surface area contributed by atoms with Crippen LogP contribution in [0.3, 0.4) is 0 Å². The van der Waals surface area contributed by atoms with Gasteiger partial charge in [-0.05, 0) is 68.2 Å². The van der Waals surface area contributed by atoms with Crippen molar-refractivity contribution in [2.75, 3.05) is 6.54 Å². The van der Waals surface area contributed by atoms with Gasteiger partial charge in [0.25, 0.3) is 5.91 Å². The number of amidine groups is 1. The quantitative estimate of drug-likeness (QED) is 0.231. The normalized spacial score (nSPS) is 21.5. The van der Waals surface area contributed by atoms with Gasteiger partial charge in [0.05, 0.1) is 5.57 Å². The van der Waals surface area contributed by atoms with Crippen molar-refractivity contribution in [1.82, 2.24) is 16.0 Å². The second-order valence-electron chi connectivity index (χ2n) is 9.90. The molecule has 2 atom stereocenters. The Labute approximate surface area is 205 Å². The first-order chi connectivity index (χ1) is 16.1. The highest BCUT2D eigenvalue weighted by atomic mass is 16.2. The number of hydrogen-bond donors (Lipinski definition) is 4. The van der Waals surface area contributed by atoms with Crippen molar-refractivity contribution in [2.45, 2.75) is 67.2 Å². The van der Waals surface area contributed by atoms with Crippen molar-refractivity contribution in [2.24, 2.45) is 11.8 Å². The molecule has 1 aromatic rings. The first-order valence-corrected chi connectivity index (χ1v) is 12.5. The summed E-state index contributed by atoms with van der Waals surface area (Å²) in [5, 5.41) is 17.9. The van der Waals surface area contributed by atoms with Crippen LogP contribution in [-0.4, -0.2) is 18.3 Å². The molecule has 4 N–H and O–H groups in total. The van der Waals surface area contributed by atoms with Gasteiger partial charge in [-0.2, -0.15) is 0 Å². The summed E-state index contributed by atoms with van der Waals surface area (Å²) in [6, 6.07) is 6.74. The maximum atomic E-state index is 13.0. The van der Waals surface area contributed by atoms with Crippen molar-refractivity contribution in [3.8, 4) is 0 Å². The standard InChI is InChI=1S/C29H40N4O/c1-8-21-11-10-18(5)23(13-21)24-15-25-26(14-22(24)9-2)33-29(34)28(25)20(7)32-27(30)12-19(6)31-16-17(3)4/h10-15,17,22,24,31H,8-9,16H2,1-7H3,(H2,30,32)(H,33,34)/b19-12-,28-20-. The van der Waals surface area contributed by atoms with Crippen LogP contribution in [0.15, 0.2) is 64.7 Å². The van der Waals surface area contributed by atoms with Crippen LogP contribution in [-0.2, 0) is 11.2 Å². The number of allylic oxidation sites excluding steroid dienone is 5. The maximum Gasteiger partial charge on any atom is 0.258 e. The Morgan fingerprint density at radius 1 is 1.21 bits per heavy atom. The maximum absolute atomic E-state index is 13.0. The van der Waals surface area contributed by atoms with Gasteiger partial charge in [-0.25, -0.2) is 0 Å². The Kier molecular flexibility index (Phi) is 8.19. The molecule has 5 nitrogen and oxygen atoms in total. The number of rotatable bonds is 8. The highest BCUT2D eigenvalue weighted by Gasteiger charge is 2.35. The molecule has 1 heterocycles. The lowest BCUT2D eigenvalue weighted by atomic mass is 9.76. The van der Waals surface area contributed by atoms with Crippen LogP contribution in [0.25, 0.3) is 0 Å². The number of carbonyl (C=O) groups is 1. The number of hydrogen-bond acceptors (Lipinski definition) is 3. The molecule has 3 rings (SSSR count). The van der Waals surface area contributed by atoms with E-state index in [0.29, 0.717) is 23.1 Å². The van der Waals surface area contributed by atoms with E-state index >= 15 is 0 Å². The number of carbonyl (C=O) groups excluding carboxylic acids is 1. The van der Waals surface area contributed by atoms with Crippen molar-refractivity contribution in [3.05, 3.63) is 81.4 Å². The van der Waals surface area contributed by atoms with Gasteiger partial charge in [-0.15, -0.1) is 0 Å². The van der Waals surface area contributed by atoms with Gasteiger partial charge >= 0.3 is 0 Å². The Balaban J connectivity index is 1.94. The average Bonchev–Trinajstić information content (AvgIpc) is 3.11. The largest absolute Gasteiger partial charge is 0.388 e. The van der Waals surface area contributed by atoms with Crippen molar-refractivity contribution in [1.29, 1.82) is 5.41 Å². The second-order valence-corrected chi connectivity index (χ2v) is 9.90. The van der Waals surface area contributed by atoms with Gasteiger partial charge in [0.15, 0.2) is 0 Å². The first-order valence-electron chi connectivity index (χ1n) is 12.5. The zero-order chi connectivity index (χ0) is 25.0. The lowest BCUT2D eigenvalue weighted by Crippen LogP contribution is -2.25. The lowest BCUT2D eigenvalue weighted by molar-refractivity contribution is -0.115. The first kappa shape index (κ1) is 25.5. The van der Waals surface area contributed by atoms with E-state index < -0.39 is 0 Å². The highest BCUT2D eigenvalue weighted by molar-refractivity contribution is 6.06. The summed E-state index contributed by atoms with van der Waals surface area (Å²) in [4.78, 5) is 13.0. The summed E-state index contributed by atoms with van der Waals surface area (Å²) < 4.78 is 0. The van der Waals surface area contributed by atoms with E-state index in [0.717, 1.165) is 36.4 Å². The fourth-order valence-corrected chi connectivity index (χ4v) is 4.70. The van der Waals surface area contributed by atoms with Crippen molar-refractivity contribution < 1.29 is 4.79 Å². The van der Waals surface area contributed by atoms with E-state index in [9.17, 15) is 4.79 Å². The van der Waals surface area contributed by atoms with Crippen LogP contribution < -0.4 is 16.0 Å². The predicted molar refractivity (Wildman–Crippen MR) is 142 cm³/mol. The number of fused-ring (bicyclic) bond motifs is 1. The molecular weight excluding hydrogens is 420 g/mol. The van der Waals surface area contributed by atoms with E-state index in [4.69, 9.17) is 5.41 Å². The number of benzene rings is 1. The third-order valence-corrected chi connectivity index (χ3v) is 6.65. The summed E-state index contributed by atoms with van der Waals surface area (Å²) in [7, 11) is 0. The Hall–Kier alpha value is -3.08. The predicted octanol–water partition coefficient (Wildman–Crippen LogP) is 5.61. The molecule has 2 unspecified atom stereocenters. The van der Waals surface area contributed by atoms with Gasteiger partial charge in [-0.1, -0.05) is 58.0 Å². The average molecular weight is 461 g/mol. The van der Waals surface area contributed by atoms with Gasteiger partial charge in [0.1, 0.15) is 5.84 Å². The monoisotopic (exact) mass is 460 g/mol. The van der Waals surface area contributed by atoms with E-state index in [2.05, 4.69) is 80.9 Å². The van der Waals surface area contributed by atoms with Crippen LogP contribution in [0, 0.1) is 24.2 Å². The minimum absolute atomic E-state index is 0.108. The molecule has 0 saturated carbocycles. The molecule has 34 heavy (non-hydrogen) atoms. The van der Waals surface area contributed by atoms with Crippen LogP contribution >= 0.6 is 0 Å². The molecule has 5 heteroatoms. The number of amides is 1. The molecule has 1 amide bonds. The molecule has 1 aliphatic heterocycles. The molecule has 0 radical (unpaired) electrons. The third-order valence-electron chi connectivity index (χ3n) is 6.65. The molecular formula is C29H40N4O. The zero-order valence-electron chi connectivity index (χ0n) is 21.7. The molecule has 2 aliphatic rings. The van der Waals surface area contributed by atoms with Gasteiger partial charge in [0, 0.05) is 35.1 Å². The Bertz CT molecular complexity index is 1090. The van der Waals surface area contributed by atoms with Crippen molar-refractivity contribution in [3.63, 3.8) is 0 Å². The minimum atomic E-state index is -0.108. The lowest BCUT2D eigenvalue weighted by Gasteiger charge is -2.28. The fraction of sp³-hybridized carbons (Fsp3) is 0.448. The Morgan fingerprint density at radius 2 is 1.94 bits per heavy atom. The summed E-state index contributed by atoms with van der Waals surface area (Å²) in [6.07, 6.45) is 8.25. The fourth-order valence-electron chi connectivity index (χ4n) is 4.70. The third kappa shape index (κ3) is 5.69. The Morgan fingerprint density at radius 3 is 2.59 bits per heavy atom. The molecule has 0 spiro atoms. The SMILES string of the molecule is CCc1ccc(C)c(C2C=C3C(=CC2CC)NC(=O)/C3=C(/C)NC(=N)/C=C(/C)NCC(C)C)c1. The number of nitrogens with one attached hydrogen (secondary N) is 4. The molecule has 0 bridgehead atoms. The van der Waals surface area contributed by atoms with E-state index in [1.165, 1.54) is 16.7 Å². The van der Waals surface area contributed by atoms with Gasteiger partial charge in [-0.3, -0.25) is 10.2 Å². The number of aryl methyl sites for hydroxylation is 2. The summed E-state index contributed by atoms with van der Waals surface area (Å²) >= 11 is 0. The van der Waals surface area contributed by atoms with E-state index in [1.54, 1.807) is 6.08 Å². The highest BCUT2D eigenvalue weighted by Crippen LogP contribution is 2.42. The van der Waals surface area contributed by atoms with Crippen LogP contribution in [0.2, 0.25) is 0 Å². The van der Waals surface area contributed by atoms with Crippen LogP contribution in [0.4, 0.5) is 0 Å². The van der Waals surface area contributed by atoms with Crippen molar-refractivity contribution >= 4 is 11.7 Å². The zero-order valence-corrected chi connectivity index (χ0v) is 21.7. The van der Waals surface area contributed by atoms with Gasteiger partial charge < -0.3 is 16.0 Å².